The normalized spacial score (nSPS) is 10.6. The van der Waals surface area contributed by atoms with Crippen molar-refractivity contribution >= 4 is 15.9 Å². The van der Waals surface area contributed by atoms with Crippen molar-refractivity contribution < 1.29 is 22.3 Å². The second-order valence-corrected chi connectivity index (χ2v) is 2.99. The molecule has 6 heteroatoms. The molecule has 0 aromatic heterocycles. The van der Waals surface area contributed by atoms with E-state index in [0.29, 0.717) is 0 Å². The lowest BCUT2D eigenvalue weighted by molar-refractivity contribution is -0.0546. The maximum Gasteiger partial charge on any atom is 0.387 e. The minimum absolute atomic E-state index is 0.115. The van der Waals surface area contributed by atoms with E-state index in [4.69, 9.17) is 0 Å². The Morgan fingerprint density at radius 1 is 1.15 bits per heavy atom. The number of halogens is 5. The lowest BCUT2D eigenvalue weighted by Crippen LogP contribution is -2.05. The average molecular weight is 259 g/mol. The minimum atomic E-state index is -3.25. The van der Waals surface area contributed by atoms with Crippen molar-refractivity contribution in [1.82, 2.24) is 0 Å². The van der Waals surface area contributed by atoms with Crippen LogP contribution in [0, 0.1) is 11.6 Å². The molecule has 0 radical (unpaired) electrons. The van der Waals surface area contributed by atoms with E-state index in [1.807, 2.05) is 0 Å². The van der Waals surface area contributed by atoms with Gasteiger partial charge in [-0.1, -0.05) is 15.9 Å². The van der Waals surface area contributed by atoms with Crippen LogP contribution >= 0.6 is 15.9 Å². The van der Waals surface area contributed by atoms with Gasteiger partial charge in [0.25, 0.3) is 0 Å². The third-order valence-corrected chi connectivity index (χ3v) is 1.63. The summed E-state index contributed by atoms with van der Waals surface area (Å²) in [6.45, 7) is -3.25. The van der Waals surface area contributed by atoms with Gasteiger partial charge in [0, 0.05) is 4.47 Å². The predicted octanol–water partition coefficient (Wildman–Crippen LogP) is 3.33. The smallest absolute Gasteiger partial charge is 0.387 e. The molecule has 0 aliphatic carbocycles. The standard InChI is InChI=1S/C7H3BrF4O/c8-3-1-4(9)6(5(10)2-3)13-7(11)12/h1-2,7H. The van der Waals surface area contributed by atoms with Crippen molar-refractivity contribution in [2.24, 2.45) is 0 Å². The highest BCUT2D eigenvalue weighted by molar-refractivity contribution is 9.10. The SMILES string of the molecule is Fc1cc(Br)cc(F)c1OC(F)F. The number of benzene rings is 1. The van der Waals surface area contributed by atoms with Crippen LogP contribution in [0.25, 0.3) is 0 Å². The Kier molecular flexibility index (Phi) is 3.13. The summed E-state index contributed by atoms with van der Waals surface area (Å²) in [5.41, 5.74) is 0. The Balaban J connectivity index is 3.06. The predicted molar refractivity (Wildman–Crippen MR) is 40.7 cm³/mol. The third-order valence-electron chi connectivity index (χ3n) is 1.17. The fourth-order valence-corrected chi connectivity index (χ4v) is 1.13. The second kappa shape index (κ2) is 3.95. The van der Waals surface area contributed by atoms with Crippen LogP contribution in [0.4, 0.5) is 17.6 Å². The molecule has 1 nitrogen and oxygen atoms in total. The zero-order valence-corrected chi connectivity index (χ0v) is 7.62. The first kappa shape index (κ1) is 10.3. The summed E-state index contributed by atoms with van der Waals surface area (Å²) >= 11 is 2.79. The van der Waals surface area contributed by atoms with Gasteiger partial charge in [0.2, 0.25) is 0 Å². The number of hydrogen-bond donors (Lipinski definition) is 0. The molecule has 72 valence electrons. The topological polar surface area (TPSA) is 9.23 Å². The monoisotopic (exact) mass is 258 g/mol. The Morgan fingerprint density at radius 2 is 1.62 bits per heavy atom. The average Bonchev–Trinajstić information content (AvgIpc) is 1.96. The van der Waals surface area contributed by atoms with E-state index in [-0.39, 0.29) is 4.47 Å². The van der Waals surface area contributed by atoms with E-state index < -0.39 is 24.0 Å². The fraction of sp³-hybridized carbons (Fsp3) is 0.143. The number of ether oxygens (including phenoxy) is 1. The molecule has 0 amide bonds. The van der Waals surface area contributed by atoms with Gasteiger partial charge < -0.3 is 4.74 Å². The van der Waals surface area contributed by atoms with Crippen molar-refractivity contribution in [3.63, 3.8) is 0 Å². The van der Waals surface area contributed by atoms with Crippen molar-refractivity contribution in [3.05, 3.63) is 28.2 Å². The van der Waals surface area contributed by atoms with Crippen molar-refractivity contribution in [2.45, 2.75) is 6.61 Å². The summed E-state index contributed by atoms with van der Waals surface area (Å²) in [5, 5.41) is 0. The Labute approximate surface area is 79.4 Å². The third kappa shape index (κ3) is 2.58. The molecule has 0 unspecified atom stereocenters. The van der Waals surface area contributed by atoms with Crippen LogP contribution in [-0.2, 0) is 0 Å². The van der Waals surface area contributed by atoms with Crippen LogP contribution in [0.2, 0.25) is 0 Å². The molecule has 13 heavy (non-hydrogen) atoms. The summed E-state index contributed by atoms with van der Waals surface area (Å²) in [6.07, 6.45) is 0. The van der Waals surface area contributed by atoms with E-state index >= 15 is 0 Å². The largest absolute Gasteiger partial charge is 0.429 e. The maximum atomic E-state index is 12.7. The maximum absolute atomic E-state index is 12.7. The summed E-state index contributed by atoms with van der Waals surface area (Å²) < 4.78 is 52.5. The molecule has 0 saturated carbocycles. The molecular weight excluding hydrogens is 256 g/mol. The highest BCUT2D eigenvalue weighted by Crippen LogP contribution is 2.26. The molecule has 0 spiro atoms. The summed E-state index contributed by atoms with van der Waals surface area (Å²) in [5.74, 6) is -3.42. The Bertz CT molecular complexity index is 292. The molecule has 0 atom stereocenters. The number of alkyl halides is 2. The van der Waals surface area contributed by atoms with Gasteiger partial charge in [-0.25, -0.2) is 8.78 Å². The second-order valence-electron chi connectivity index (χ2n) is 2.08. The zero-order chi connectivity index (χ0) is 10.0. The van der Waals surface area contributed by atoms with Gasteiger partial charge in [-0.2, -0.15) is 8.78 Å². The van der Waals surface area contributed by atoms with Crippen LogP contribution in [0.15, 0.2) is 16.6 Å². The minimum Gasteiger partial charge on any atom is -0.429 e. The first-order valence-corrected chi connectivity index (χ1v) is 3.89. The highest BCUT2D eigenvalue weighted by Gasteiger charge is 2.15. The molecule has 1 aromatic rings. The zero-order valence-electron chi connectivity index (χ0n) is 6.03. The summed E-state index contributed by atoms with van der Waals surface area (Å²) in [4.78, 5) is 0. The molecule has 0 bridgehead atoms. The van der Waals surface area contributed by atoms with Gasteiger partial charge in [0.05, 0.1) is 0 Å². The van der Waals surface area contributed by atoms with E-state index in [0.717, 1.165) is 12.1 Å². The van der Waals surface area contributed by atoms with Crippen molar-refractivity contribution in [2.75, 3.05) is 0 Å². The molecule has 0 fully saturated rings. The Morgan fingerprint density at radius 3 is 2.00 bits per heavy atom. The van der Waals surface area contributed by atoms with Crippen molar-refractivity contribution in [1.29, 1.82) is 0 Å². The van der Waals surface area contributed by atoms with E-state index in [1.165, 1.54) is 0 Å². The van der Waals surface area contributed by atoms with E-state index in [2.05, 4.69) is 20.7 Å². The van der Waals surface area contributed by atoms with Gasteiger partial charge in [-0.15, -0.1) is 0 Å². The molecule has 0 aliphatic heterocycles. The van der Waals surface area contributed by atoms with Gasteiger partial charge in [-0.3, -0.25) is 0 Å². The van der Waals surface area contributed by atoms with Gasteiger partial charge in [-0.05, 0) is 12.1 Å². The Hall–Kier alpha value is -0.780. The first-order valence-electron chi connectivity index (χ1n) is 3.10. The highest BCUT2D eigenvalue weighted by atomic mass is 79.9. The molecule has 0 N–H and O–H groups in total. The van der Waals surface area contributed by atoms with Crippen LogP contribution < -0.4 is 4.74 Å². The van der Waals surface area contributed by atoms with Crippen LogP contribution in [0.3, 0.4) is 0 Å². The number of rotatable bonds is 2. The van der Waals surface area contributed by atoms with Crippen LogP contribution in [-0.4, -0.2) is 6.61 Å². The first-order chi connectivity index (χ1) is 6.00. The molecule has 1 rings (SSSR count). The lowest BCUT2D eigenvalue weighted by atomic mass is 10.3. The quantitative estimate of drug-likeness (QED) is 0.740. The van der Waals surface area contributed by atoms with Gasteiger partial charge in [0.15, 0.2) is 17.4 Å². The summed E-state index contributed by atoms with van der Waals surface area (Å²) in [7, 11) is 0. The summed E-state index contributed by atoms with van der Waals surface area (Å²) in [6, 6.07) is 1.67. The van der Waals surface area contributed by atoms with E-state index in [9.17, 15) is 17.6 Å². The lowest BCUT2D eigenvalue weighted by Gasteiger charge is -2.06. The van der Waals surface area contributed by atoms with Crippen LogP contribution in [0.1, 0.15) is 0 Å². The van der Waals surface area contributed by atoms with Gasteiger partial charge >= 0.3 is 6.61 Å². The molecule has 1 aromatic carbocycles. The molecule has 0 aliphatic rings. The van der Waals surface area contributed by atoms with E-state index in [1.54, 1.807) is 0 Å². The van der Waals surface area contributed by atoms with Gasteiger partial charge in [0.1, 0.15) is 0 Å². The fourth-order valence-electron chi connectivity index (χ4n) is 0.731. The van der Waals surface area contributed by atoms with Crippen LogP contribution in [0.5, 0.6) is 5.75 Å². The molecular formula is C7H3BrF4O. The van der Waals surface area contributed by atoms with Crippen molar-refractivity contribution in [3.8, 4) is 5.75 Å². The molecule has 0 saturated heterocycles. The number of hydrogen-bond acceptors (Lipinski definition) is 1. The molecule has 0 heterocycles.